The molecule has 1 saturated heterocycles. The zero-order valence-electron chi connectivity index (χ0n) is 16.2. The first kappa shape index (κ1) is 22.5. The number of morpholine rings is 1. The molecular formula is C20H15BrF5N3O3. The summed E-state index contributed by atoms with van der Waals surface area (Å²) >= 11 is 2.99. The molecule has 3 aromatic rings. The highest BCUT2D eigenvalue weighted by atomic mass is 79.9. The SMILES string of the molecule is O=C(O)N1CCOC(Cc2c(-c3c(F)cc(Br)cc3F)nc3cc(C(F)(F)F)ccn23)C1. The molecule has 1 aliphatic heterocycles. The van der Waals surface area contributed by atoms with Crippen molar-refractivity contribution < 1.29 is 36.6 Å². The lowest BCUT2D eigenvalue weighted by atomic mass is 10.0. The maximum atomic E-state index is 14.7. The van der Waals surface area contributed by atoms with Crippen molar-refractivity contribution in [2.75, 3.05) is 19.7 Å². The van der Waals surface area contributed by atoms with Gasteiger partial charge in [0.05, 0.1) is 41.8 Å². The van der Waals surface area contributed by atoms with Gasteiger partial charge < -0.3 is 19.1 Å². The molecular weight excluding hydrogens is 505 g/mol. The van der Waals surface area contributed by atoms with Gasteiger partial charge in [0.25, 0.3) is 0 Å². The van der Waals surface area contributed by atoms with Crippen LogP contribution >= 0.6 is 15.9 Å². The Kier molecular flexibility index (Phi) is 5.84. The number of amides is 1. The quantitative estimate of drug-likeness (QED) is 0.495. The Morgan fingerprint density at radius 2 is 1.94 bits per heavy atom. The first-order valence-corrected chi connectivity index (χ1v) is 10.2. The van der Waals surface area contributed by atoms with E-state index in [2.05, 4.69) is 20.9 Å². The number of hydrogen-bond acceptors (Lipinski definition) is 3. The van der Waals surface area contributed by atoms with E-state index in [9.17, 15) is 31.9 Å². The van der Waals surface area contributed by atoms with Gasteiger partial charge in [0.15, 0.2) is 0 Å². The Morgan fingerprint density at radius 1 is 1.25 bits per heavy atom. The molecule has 2 aromatic heterocycles. The maximum Gasteiger partial charge on any atom is 0.416 e. The van der Waals surface area contributed by atoms with Crippen LogP contribution in [-0.4, -0.2) is 51.3 Å². The van der Waals surface area contributed by atoms with Crippen LogP contribution in [0.1, 0.15) is 11.3 Å². The zero-order chi connectivity index (χ0) is 23.2. The fourth-order valence-corrected chi connectivity index (χ4v) is 4.07. The number of halogens is 6. The van der Waals surface area contributed by atoms with Crippen molar-refractivity contribution in [2.45, 2.75) is 18.7 Å². The second kappa shape index (κ2) is 8.32. The monoisotopic (exact) mass is 519 g/mol. The molecule has 1 amide bonds. The molecule has 12 heteroatoms. The molecule has 32 heavy (non-hydrogen) atoms. The van der Waals surface area contributed by atoms with Crippen LogP contribution in [0.25, 0.3) is 16.9 Å². The predicted molar refractivity (Wildman–Crippen MR) is 106 cm³/mol. The number of carbonyl (C=O) groups is 1. The molecule has 1 atom stereocenters. The van der Waals surface area contributed by atoms with Gasteiger partial charge in [0.1, 0.15) is 17.3 Å². The van der Waals surface area contributed by atoms with Gasteiger partial charge in [-0.25, -0.2) is 18.6 Å². The Morgan fingerprint density at radius 3 is 2.56 bits per heavy atom. The van der Waals surface area contributed by atoms with Crippen molar-refractivity contribution in [1.29, 1.82) is 0 Å². The third-order valence-corrected chi connectivity index (χ3v) is 5.58. The number of nitrogens with zero attached hydrogens (tertiary/aromatic N) is 3. The molecule has 0 radical (unpaired) electrons. The molecule has 1 fully saturated rings. The number of pyridine rings is 1. The van der Waals surface area contributed by atoms with Crippen LogP contribution in [0.5, 0.6) is 0 Å². The molecule has 0 saturated carbocycles. The van der Waals surface area contributed by atoms with Crippen LogP contribution in [0.4, 0.5) is 26.7 Å². The van der Waals surface area contributed by atoms with Crippen molar-refractivity contribution in [3.63, 3.8) is 0 Å². The average Bonchev–Trinajstić information content (AvgIpc) is 3.04. The predicted octanol–water partition coefficient (Wildman–Crippen LogP) is 4.98. The standard InChI is InChI=1S/C20H15BrF5N3O3/c21-11-6-13(22)17(14(23)7-11)18-15(8-12-9-28(19(30)31)3-4-32-12)29-2-1-10(20(24,25)26)5-16(29)27-18/h1-2,5-7,12H,3-4,8-9H2,(H,30,31). The number of rotatable bonds is 3. The largest absolute Gasteiger partial charge is 0.465 e. The van der Waals surface area contributed by atoms with E-state index >= 15 is 0 Å². The van der Waals surface area contributed by atoms with E-state index in [1.807, 2.05) is 0 Å². The van der Waals surface area contributed by atoms with Crippen LogP contribution < -0.4 is 0 Å². The maximum absolute atomic E-state index is 14.7. The summed E-state index contributed by atoms with van der Waals surface area (Å²) in [5, 5.41) is 9.23. The number of hydrogen-bond donors (Lipinski definition) is 1. The smallest absolute Gasteiger partial charge is 0.416 e. The van der Waals surface area contributed by atoms with Crippen molar-refractivity contribution in [2.24, 2.45) is 0 Å². The molecule has 4 rings (SSSR count). The van der Waals surface area contributed by atoms with Gasteiger partial charge in [0, 0.05) is 23.6 Å². The Bertz CT molecular complexity index is 1170. The number of benzene rings is 1. The number of carboxylic acid groups (broad SMARTS) is 1. The second-order valence-electron chi connectivity index (χ2n) is 7.22. The van der Waals surface area contributed by atoms with Gasteiger partial charge >= 0.3 is 12.3 Å². The normalized spacial score (nSPS) is 17.2. The van der Waals surface area contributed by atoms with E-state index in [0.717, 1.165) is 35.4 Å². The summed E-state index contributed by atoms with van der Waals surface area (Å²) in [4.78, 5) is 16.5. The Labute approximate surface area is 186 Å². The van der Waals surface area contributed by atoms with Gasteiger partial charge in [-0.3, -0.25) is 0 Å². The highest BCUT2D eigenvalue weighted by Crippen LogP contribution is 2.35. The Balaban J connectivity index is 1.85. The van der Waals surface area contributed by atoms with Gasteiger partial charge in [-0.05, 0) is 24.3 Å². The first-order chi connectivity index (χ1) is 15.0. The van der Waals surface area contributed by atoms with E-state index < -0.39 is 41.1 Å². The first-order valence-electron chi connectivity index (χ1n) is 9.37. The third-order valence-electron chi connectivity index (χ3n) is 5.13. The zero-order valence-corrected chi connectivity index (χ0v) is 17.8. The van der Waals surface area contributed by atoms with Gasteiger partial charge in [-0.2, -0.15) is 13.2 Å². The van der Waals surface area contributed by atoms with E-state index in [1.165, 1.54) is 4.40 Å². The topological polar surface area (TPSA) is 67.1 Å². The summed E-state index contributed by atoms with van der Waals surface area (Å²) < 4.78 is 76.0. The molecule has 0 aliphatic carbocycles. The van der Waals surface area contributed by atoms with Gasteiger partial charge in [0.2, 0.25) is 0 Å². The van der Waals surface area contributed by atoms with Crippen molar-refractivity contribution >= 4 is 27.7 Å². The second-order valence-corrected chi connectivity index (χ2v) is 8.13. The molecule has 0 bridgehead atoms. The molecule has 170 valence electrons. The third kappa shape index (κ3) is 4.29. The fourth-order valence-electron chi connectivity index (χ4n) is 3.67. The number of alkyl halides is 3. The number of imidazole rings is 1. The summed E-state index contributed by atoms with van der Waals surface area (Å²) in [7, 11) is 0. The summed E-state index contributed by atoms with van der Waals surface area (Å²) in [6, 6.07) is 3.67. The number of aromatic nitrogens is 2. The highest BCUT2D eigenvalue weighted by Gasteiger charge is 2.32. The van der Waals surface area contributed by atoms with Crippen LogP contribution in [-0.2, 0) is 17.3 Å². The minimum absolute atomic E-state index is 0.00601. The van der Waals surface area contributed by atoms with Gasteiger partial charge in [-0.1, -0.05) is 15.9 Å². The van der Waals surface area contributed by atoms with E-state index in [1.54, 1.807) is 0 Å². The summed E-state index contributed by atoms with van der Waals surface area (Å²) in [6.07, 6.45) is -5.35. The van der Waals surface area contributed by atoms with E-state index in [0.29, 0.717) is 0 Å². The lowest BCUT2D eigenvalue weighted by Gasteiger charge is -2.31. The summed E-state index contributed by atoms with van der Waals surface area (Å²) in [6.45, 7) is 0.271. The average molecular weight is 520 g/mol. The summed E-state index contributed by atoms with van der Waals surface area (Å²) in [5.41, 5.74) is -1.59. The number of fused-ring (bicyclic) bond motifs is 1. The number of ether oxygens (including phenoxy) is 1. The molecule has 1 unspecified atom stereocenters. The molecule has 1 N–H and O–H groups in total. The van der Waals surface area contributed by atoms with Crippen LogP contribution in [0, 0.1) is 11.6 Å². The van der Waals surface area contributed by atoms with E-state index in [4.69, 9.17) is 4.74 Å². The van der Waals surface area contributed by atoms with Crippen molar-refractivity contribution in [3.05, 3.63) is 57.8 Å². The van der Waals surface area contributed by atoms with Gasteiger partial charge in [-0.15, -0.1) is 0 Å². The minimum Gasteiger partial charge on any atom is -0.465 e. The molecule has 6 nitrogen and oxygen atoms in total. The van der Waals surface area contributed by atoms with E-state index in [-0.39, 0.29) is 47.6 Å². The summed E-state index contributed by atoms with van der Waals surface area (Å²) in [5.74, 6) is -1.90. The lowest BCUT2D eigenvalue weighted by Crippen LogP contribution is -2.45. The molecule has 1 aliphatic rings. The Hall–Kier alpha value is -2.73. The fraction of sp³-hybridized carbons (Fsp3) is 0.300. The van der Waals surface area contributed by atoms with Crippen LogP contribution in [0.2, 0.25) is 0 Å². The van der Waals surface area contributed by atoms with Crippen molar-refractivity contribution in [1.82, 2.24) is 14.3 Å². The molecule has 1 aromatic carbocycles. The lowest BCUT2D eigenvalue weighted by molar-refractivity contribution is -0.137. The van der Waals surface area contributed by atoms with Crippen LogP contribution in [0.3, 0.4) is 0 Å². The minimum atomic E-state index is -4.63. The van der Waals surface area contributed by atoms with Crippen LogP contribution in [0.15, 0.2) is 34.9 Å². The molecule has 3 heterocycles. The van der Waals surface area contributed by atoms with Crippen molar-refractivity contribution in [3.8, 4) is 11.3 Å². The molecule has 0 spiro atoms. The highest BCUT2D eigenvalue weighted by molar-refractivity contribution is 9.10.